The van der Waals surface area contributed by atoms with E-state index in [2.05, 4.69) is 167 Å². The van der Waals surface area contributed by atoms with Crippen LogP contribution in [0.2, 0.25) is 0 Å². The third-order valence-corrected chi connectivity index (χ3v) is 9.04. The van der Waals surface area contributed by atoms with E-state index in [1.54, 1.807) is 7.11 Å². The van der Waals surface area contributed by atoms with Gasteiger partial charge in [0, 0.05) is 33.0 Å². The van der Waals surface area contributed by atoms with E-state index in [1.165, 1.54) is 38.4 Å². The average Bonchev–Trinajstić information content (AvgIpc) is 3.46. The first-order valence-corrected chi connectivity index (χ1v) is 15.3. The average molecular weight is 578 g/mol. The van der Waals surface area contributed by atoms with E-state index in [0.29, 0.717) is 0 Å². The Morgan fingerprint density at radius 2 is 1.00 bits per heavy atom. The highest BCUT2D eigenvalue weighted by molar-refractivity contribution is 6.21. The molecular weight excluding hydrogens is 548 g/mol. The van der Waals surface area contributed by atoms with Gasteiger partial charge < -0.3 is 4.74 Å². The number of benzene rings is 6. The Hall–Kier alpha value is -5.93. The first kappa shape index (κ1) is 25.6. The molecule has 9 aromatic rings. The monoisotopic (exact) mass is 577 g/mol. The van der Waals surface area contributed by atoms with Crippen LogP contribution in [0.5, 0.6) is 5.75 Å². The molecule has 0 fully saturated rings. The van der Waals surface area contributed by atoms with E-state index in [-0.39, 0.29) is 0 Å². The molecule has 0 saturated carbocycles. The van der Waals surface area contributed by atoms with E-state index in [0.717, 1.165) is 44.9 Å². The summed E-state index contributed by atoms with van der Waals surface area (Å²) in [6, 6.07) is 56.4. The van der Waals surface area contributed by atoms with Crippen molar-refractivity contribution >= 4 is 32.8 Å². The second kappa shape index (κ2) is 10.1. The zero-order chi connectivity index (χ0) is 29.9. The van der Waals surface area contributed by atoms with Crippen molar-refractivity contribution in [3.05, 3.63) is 158 Å². The molecule has 3 nitrogen and oxygen atoms in total. The predicted molar refractivity (Wildman–Crippen MR) is 185 cm³/mol. The summed E-state index contributed by atoms with van der Waals surface area (Å²) in [5.74, 6) is 0.837. The minimum absolute atomic E-state index is 0.837. The van der Waals surface area contributed by atoms with Crippen LogP contribution in [-0.4, -0.2) is 11.5 Å². The summed E-state index contributed by atoms with van der Waals surface area (Å²) >= 11 is 0. The van der Waals surface area contributed by atoms with Gasteiger partial charge in [0.05, 0.1) is 12.5 Å². The Labute approximate surface area is 261 Å². The molecule has 0 unspecified atom stereocenters. The van der Waals surface area contributed by atoms with Crippen LogP contribution in [0.4, 0.5) is 0 Å². The van der Waals surface area contributed by atoms with Crippen LogP contribution in [0.15, 0.2) is 158 Å². The van der Waals surface area contributed by atoms with Crippen molar-refractivity contribution < 1.29 is 9.14 Å². The Bertz CT molecular complexity index is 2310. The Balaban J connectivity index is 1.67. The normalized spacial score (nSPS) is 11.7. The lowest BCUT2D eigenvalue weighted by molar-refractivity contribution is -0.466. The summed E-state index contributed by atoms with van der Waals surface area (Å²) in [6.07, 6.45) is 0. The quantitative estimate of drug-likeness (QED) is 0.186. The van der Waals surface area contributed by atoms with Crippen LogP contribution in [0, 0.1) is 0 Å². The van der Waals surface area contributed by atoms with Gasteiger partial charge in [-0.05, 0) is 35.4 Å². The number of imidazole rings is 1. The maximum atomic E-state index is 6.08. The SMILES string of the molecule is COc1cc2c(-c3ccccc3)c(-c3ccccc3)n3c4ccccc4[n+]4c(-c5ccccc5)c(-c5ccccc5)c(c1)c2c34. The lowest BCUT2D eigenvalue weighted by atomic mass is 9.88. The zero-order valence-corrected chi connectivity index (χ0v) is 24.8. The van der Waals surface area contributed by atoms with Crippen LogP contribution in [0.25, 0.3) is 77.6 Å². The van der Waals surface area contributed by atoms with Gasteiger partial charge in [0.25, 0.3) is 0 Å². The molecule has 3 aromatic heterocycles. The summed E-state index contributed by atoms with van der Waals surface area (Å²) in [4.78, 5) is 0. The molecule has 0 aliphatic carbocycles. The van der Waals surface area contributed by atoms with Crippen LogP contribution in [-0.2, 0) is 0 Å². The molecule has 45 heavy (non-hydrogen) atoms. The molecule has 0 radical (unpaired) electrons. The van der Waals surface area contributed by atoms with Crippen molar-refractivity contribution in [3.8, 4) is 50.5 Å². The van der Waals surface area contributed by atoms with Crippen molar-refractivity contribution in [2.45, 2.75) is 0 Å². The number of aromatic nitrogens is 2. The van der Waals surface area contributed by atoms with Gasteiger partial charge in [-0.15, -0.1) is 0 Å². The van der Waals surface area contributed by atoms with E-state index in [4.69, 9.17) is 4.74 Å². The fraction of sp³-hybridized carbons (Fsp3) is 0.0238. The maximum Gasteiger partial charge on any atom is 0.301 e. The summed E-state index contributed by atoms with van der Waals surface area (Å²) in [6.45, 7) is 0. The van der Waals surface area contributed by atoms with Crippen molar-refractivity contribution in [1.82, 2.24) is 4.40 Å². The molecule has 0 N–H and O–H groups in total. The van der Waals surface area contributed by atoms with Crippen molar-refractivity contribution in [2.75, 3.05) is 7.11 Å². The number of fused-ring (bicyclic) bond motifs is 3. The topological polar surface area (TPSA) is 17.7 Å². The molecule has 0 aliphatic rings. The minimum Gasteiger partial charge on any atom is -0.497 e. The maximum absolute atomic E-state index is 6.08. The standard InChI is InChI=1S/C42H29N2O/c1-45-32-26-33-37(28-16-6-2-7-17-28)40(30-20-10-4-11-21-30)43-35-24-14-15-25-36(35)44-41(31-22-12-5-13-23-31)38(29-18-8-3-9-19-29)34(27-32)39(33)42(43)44/h2-27H,1H3/q+1. The lowest BCUT2D eigenvalue weighted by Gasteiger charge is -2.19. The first-order chi connectivity index (χ1) is 22.3. The highest BCUT2D eigenvalue weighted by Crippen LogP contribution is 2.48. The number of rotatable bonds is 5. The molecule has 212 valence electrons. The smallest absolute Gasteiger partial charge is 0.301 e. The molecular formula is C42H29N2O+. The summed E-state index contributed by atoms with van der Waals surface area (Å²) < 4.78 is 11.1. The Kier molecular flexibility index (Phi) is 5.72. The fourth-order valence-corrected chi connectivity index (χ4v) is 7.23. The number of nitrogens with zero attached hydrogens (tertiary/aromatic N) is 2. The molecule has 0 amide bonds. The van der Waals surface area contributed by atoms with E-state index in [9.17, 15) is 0 Å². The molecule has 0 aliphatic heterocycles. The molecule has 6 aromatic carbocycles. The van der Waals surface area contributed by atoms with Gasteiger partial charge in [-0.1, -0.05) is 133 Å². The van der Waals surface area contributed by atoms with Gasteiger partial charge in [-0.3, -0.25) is 0 Å². The third-order valence-electron chi connectivity index (χ3n) is 9.04. The molecule has 0 saturated heterocycles. The summed E-state index contributed by atoms with van der Waals surface area (Å²) in [7, 11) is 1.77. The van der Waals surface area contributed by atoms with Gasteiger partial charge in [-0.25, -0.2) is 0 Å². The third kappa shape index (κ3) is 3.74. The van der Waals surface area contributed by atoms with E-state index >= 15 is 0 Å². The largest absolute Gasteiger partial charge is 0.497 e. The van der Waals surface area contributed by atoms with Crippen molar-refractivity contribution in [3.63, 3.8) is 0 Å². The number of ether oxygens (including phenoxy) is 1. The van der Waals surface area contributed by atoms with Gasteiger partial charge in [0.15, 0.2) is 11.0 Å². The van der Waals surface area contributed by atoms with E-state index < -0.39 is 0 Å². The molecule has 0 bridgehead atoms. The Morgan fingerprint density at radius 3 is 1.60 bits per heavy atom. The number of pyridine rings is 2. The minimum atomic E-state index is 0.837. The lowest BCUT2D eigenvalue weighted by Crippen LogP contribution is -2.26. The van der Waals surface area contributed by atoms with Crippen LogP contribution in [0.1, 0.15) is 0 Å². The zero-order valence-electron chi connectivity index (χ0n) is 24.8. The van der Waals surface area contributed by atoms with Gasteiger partial charge in [-0.2, -0.15) is 8.80 Å². The molecule has 9 rings (SSSR count). The first-order valence-electron chi connectivity index (χ1n) is 15.3. The van der Waals surface area contributed by atoms with Crippen molar-refractivity contribution in [1.29, 1.82) is 0 Å². The summed E-state index contributed by atoms with van der Waals surface area (Å²) in [5, 5.41) is 3.54. The second-order valence-corrected chi connectivity index (χ2v) is 11.5. The van der Waals surface area contributed by atoms with Crippen LogP contribution >= 0.6 is 0 Å². The van der Waals surface area contributed by atoms with Gasteiger partial charge in [0.1, 0.15) is 17.1 Å². The molecule has 3 heteroatoms. The summed E-state index contributed by atoms with van der Waals surface area (Å²) in [5.41, 5.74) is 12.8. The molecule has 0 atom stereocenters. The number of methoxy groups -OCH3 is 1. The number of hydrogen-bond acceptors (Lipinski definition) is 1. The van der Waals surface area contributed by atoms with Crippen LogP contribution < -0.4 is 9.14 Å². The number of para-hydroxylation sites is 2. The van der Waals surface area contributed by atoms with Crippen molar-refractivity contribution in [2.24, 2.45) is 0 Å². The van der Waals surface area contributed by atoms with Crippen LogP contribution in [0.3, 0.4) is 0 Å². The molecule has 3 heterocycles. The predicted octanol–water partition coefficient (Wildman–Crippen LogP) is 10.1. The second-order valence-electron chi connectivity index (χ2n) is 11.5. The van der Waals surface area contributed by atoms with Gasteiger partial charge >= 0.3 is 5.65 Å². The van der Waals surface area contributed by atoms with E-state index in [1.807, 2.05) is 0 Å². The highest BCUT2D eigenvalue weighted by Gasteiger charge is 2.34. The molecule has 0 spiro atoms. The number of hydrogen-bond donors (Lipinski definition) is 0. The highest BCUT2D eigenvalue weighted by atomic mass is 16.5. The Morgan fingerprint density at radius 1 is 0.511 bits per heavy atom. The fourth-order valence-electron chi connectivity index (χ4n) is 7.23. The van der Waals surface area contributed by atoms with Gasteiger partial charge in [0.2, 0.25) is 0 Å².